The second kappa shape index (κ2) is 7.19. The van der Waals surface area contributed by atoms with Crippen molar-refractivity contribution in [1.29, 1.82) is 0 Å². The molecule has 8 nitrogen and oxygen atoms in total. The van der Waals surface area contributed by atoms with E-state index in [4.69, 9.17) is 10.5 Å². The lowest BCUT2D eigenvalue weighted by atomic mass is 10.1. The number of carbonyl (C=O) groups is 1. The summed E-state index contributed by atoms with van der Waals surface area (Å²) in [4.78, 5) is 19.8. The summed E-state index contributed by atoms with van der Waals surface area (Å²) in [5.41, 5.74) is 6.49. The summed E-state index contributed by atoms with van der Waals surface area (Å²) < 4.78 is 6.74. The quantitative estimate of drug-likeness (QED) is 0.853. The van der Waals surface area contributed by atoms with Crippen LogP contribution in [0.2, 0.25) is 0 Å². The Labute approximate surface area is 135 Å². The minimum absolute atomic E-state index is 0.221. The van der Waals surface area contributed by atoms with Gasteiger partial charge in [0.25, 0.3) is 0 Å². The standard InChI is InChI=1S/C15H22N6O2/c1-15(2,3)23-14(22)19-8-12(16)6-11-4-5-13(18-7-11)21-10-17-9-20-21/h4-5,7,9-10,12H,6,8,16H2,1-3H3,(H,19,22). The van der Waals surface area contributed by atoms with Gasteiger partial charge in [0.15, 0.2) is 5.82 Å². The van der Waals surface area contributed by atoms with E-state index < -0.39 is 11.7 Å². The maximum atomic E-state index is 11.6. The van der Waals surface area contributed by atoms with Crippen LogP contribution in [0.5, 0.6) is 0 Å². The van der Waals surface area contributed by atoms with E-state index in [2.05, 4.69) is 20.4 Å². The molecule has 3 N–H and O–H groups in total. The van der Waals surface area contributed by atoms with E-state index in [9.17, 15) is 4.79 Å². The third kappa shape index (κ3) is 5.67. The minimum atomic E-state index is -0.519. The van der Waals surface area contributed by atoms with E-state index in [-0.39, 0.29) is 6.04 Å². The molecule has 0 aliphatic rings. The van der Waals surface area contributed by atoms with Crippen molar-refractivity contribution < 1.29 is 9.53 Å². The number of pyridine rings is 1. The van der Waals surface area contributed by atoms with Gasteiger partial charge in [-0.3, -0.25) is 0 Å². The molecule has 0 fully saturated rings. The van der Waals surface area contributed by atoms with Gasteiger partial charge in [-0.25, -0.2) is 19.4 Å². The molecular formula is C15H22N6O2. The smallest absolute Gasteiger partial charge is 0.407 e. The lowest BCUT2D eigenvalue weighted by molar-refractivity contribution is 0.0524. The highest BCUT2D eigenvalue weighted by Gasteiger charge is 2.16. The van der Waals surface area contributed by atoms with Crippen molar-refractivity contribution in [1.82, 2.24) is 25.1 Å². The van der Waals surface area contributed by atoms with Crippen LogP contribution in [0.1, 0.15) is 26.3 Å². The number of aromatic nitrogens is 4. The van der Waals surface area contributed by atoms with Crippen LogP contribution in [-0.4, -0.2) is 44.0 Å². The summed E-state index contributed by atoms with van der Waals surface area (Å²) in [6.07, 6.45) is 4.91. The van der Waals surface area contributed by atoms with Gasteiger partial charge in [-0.05, 0) is 38.8 Å². The maximum absolute atomic E-state index is 11.6. The number of hydrogen-bond donors (Lipinski definition) is 2. The van der Waals surface area contributed by atoms with Crippen molar-refractivity contribution in [3.8, 4) is 5.82 Å². The van der Waals surface area contributed by atoms with Gasteiger partial charge in [-0.15, -0.1) is 0 Å². The second-order valence-corrected chi connectivity index (χ2v) is 6.21. The normalized spacial score (nSPS) is 12.7. The van der Waals surface area contributed by atoms with Crippen LogP contribution in [0.4, 0.5) is 4.79 Å². The molecule has 8 heteroatoms. The molecule has 1 unspecified atom stereocenters. The monoisotopic (exact) mass is 318 g/mol. The average molecular weight is 318 g/mol. The van der Waals surface area contributed by atoms with Crippen LogP contribution in [0.15, 0.2) is 31.0 Å². The van der Waals surface area contributed by atoms with Crippen LogP contribution < -0.4 is 11.1 Å². The molecule has 0 saturated heterocycles. The van der Waals surface area contributed by atoms with Gasteiger partial charge < -0.3 is 15.8 Å². The van der Waals surface area contributed by atoms with Gasteiger partial charge in [0.2, 0.25) is 0 Å². The van der Waals surface area contributed by atoms with Crippen molar-refractivity contribution in [2.24, 2.45) is 5.73 Å². The molecule has 0 bridgehead atoms. The lowest BCUT2D eigenvalue weighted by Crippen LogP contribution is -2.41. The molecule has 0 aliphatic heterocycles. The number of alkyl carbamates (subject to hydrolysis) is 1. The van der Waals surface area contributed by atoms with Crippen molar-refractivity contribution in [3.05, 3.63) is 36.5 Å². The molecule has 2 heterocycles. The molecule has 1 amide bonds. The average Bonchev–Trinajstić information content (AvgIpc) is 2.98. The first-order valence-corrected chi connectivity index (χ1v) is 7.36. The van der Waals surface area contributed by atoms with Gasteiger partial charge in [-0.2, -0.15) is 5.10 Å². The minimum Gasteiger partial charge on any atom is -0.444 e. The third-order valence-corrected chi connectivity index (χ3v) is 2.87. The highest BCUT2D eigenvalue weighted by Crippen LogP contribution is 2.07. The molecule has 0 saturated carbocycles. The zero-order valence-electron chi connectivity index (χ0n) is 13.6. The number of nitrogens with zero attached hydrogens (tertiary/aromatic N) is 4. The summed E-state index contributed by atoms with van der Waals surface area (Å²) in [5.74, 6) is 0.687. The number of amides is 1. The topological polar surface area (TPSA) is 108 Å². The van der Waals surface area contributed by atoms with E-state index in [0.29, 0.717) is 18.8 Å². The molecule has 2 aromatic heterocycles. The molecular weight excluding hydrogens is 296 g/mol. The Kier molecular flexibility index (Phi) is 5.28. The van der Waals surface area contributed by atoms with Crippen molar-refractivity contribution in [2.45, 2.75) is 38.8 Å². The molecule has 0 spiro atoms. The zero-order chi connectivity index (χ0) is 16.9. The predicted octanol–water partition coefficient (Wildman–Crippen LogP) is 1.06. The Morgan fingerprint density at radius 1 is 1.43 bits per heavy atom. The Morgan fingerprint density at radius 3 is 2.78 bits per heavy atom. The van der Waals surface area contributed by atoms with E-state index in [1.165, 1.54) is 6.33 Å². The Bertz CT molecular complexity index is 618. The fourth-order valence-corrected chi connectivity index (χ4v) is 1.90. The molecule has 1 atom stereocenters. The van der Waals surface area contributed by atoms with Crippen LogP contribution >= 0.6 is 0 Å². The van der Waals surface area contributed by atoms with Crippen LogP contribution in [0.3, 0.4) is 0 Å². The van der Waals surface area contributed by atoms with E-state index in [1.54, 1.807) is 17.2 Å². The first-order valence-electron chi connectivity index (χ1n) is 7.36. The summed E-state index contributed by atoms with van der Waals surface area (Å²) >= 11 is 0. The van der Waals surface area contributed by atoms with Gasteiger partial charge in [0.05, 0.1) is 0 Å². The first kappa shape index (κ1) is 16.9. The predicted molar refractivity (Wildman–Crippen MR) is 85.1 cm³/mol. The third-order valence-electron chi connectivity index (χ3n) is 2.87. The molecule has 0 aliphatic carbocycles. The molecule has 2 aromatic rings. The summed E-state index contributed by atoms with van der Waals surface area (Å²) in [6.45, 7) is 5.78. The fraction of sp³-hybridized carbons (Fsp3) is 0.467. The lowest BCUT2D eigenvalue weighted by Gasteiger charge is -2.20. The summed E-state index contributed by atoms with van der Waals surface area (Å²) in [5, 5.41) is 6.68. The molecule has 2 rings (SSSR count). The SMILES string of the molecule is CC(C)(C)OC(=O)NCC(N)Cc1ccc(-n2cncn2)nc1. The molecule has 0 radical (unpaired) electrons. The fourth-order valence-electron chi connectivity index (χ4n) is 1.90. The Balaban J connectivity index is 1.81. The number of nitrogens with two attached hydrogens (primary N) is 1. The molecule has 23 heavy (non-hydrogen) atoms. The van der Waals surface area contributed by atoms with Gasteiger partial charge in [-0.1, -0.05) is 6.07 Å². The number of rotatable bonds is 5. The molecule has 0 aromatic carbocycles. The van der Waals surface area contributed by atoms with E-state index in [1.807, 2.05) is 32.9 Å². The van der Waals surface area contributed by atoms with Crippen molar-refractivity contribution in [3.63, 3.8) is 0 Å². The number of hydrogen-bond acceptors (Lipinski definition) is 6. The van der Waals surface area contributed by atoms with Gasteiger partial charge >= 0.3 is 6.09 Å². The second-order valence-electron chi connectivity index (χ2n) is 6.21. The number of ether oxygens (including phenoxy) is 1. The summed E-state index contributed by atoms with van der Waals surface area (Å²) in [7, 11) is 0. The largest absolute Gasteiger partial charge is 0.444 e. The van der Waals surface area contributed by atoms with Crippen LogP contribution in [-0.2, 0) is 11.2 Å². The maximum Gasteiger partial charge on any atom is 0.407 e. The van der Waals surface area contributed by atoms with E-state index in [0.717, 1.165) is 5.56 Å². The molecule has 124 valence electrons. The first-order chi connectivity index (χ1) is 10.8. The van der Waals surface area contributed by atoms with Crippen LogP contribution in [0.25, 0.3) is 5.82 Å². The van der Waals surface area contributed by atoms with Crippen molar-refractivity contribution in [2.75, 3.05) is 6.54 Å². The highest BCUT2D eigenvalue weighted by atomic mass is 16.6. The Hall–Kier alpha value is -2.48. The van der Waals surface area contributed by atoms with Crippen molar-refractivity contribution >= 4 is 6.09 Å². The number of nitrogens with one attached hydrogen (secondary N) is 1. The van der Waals surface area contributed by atoms with Gasteiger partial charge in [0, 0.05) is 18.8 Å². The Morgan fingerprint density at radius 2 is 2.22 bits per heavy atom. The summed E-state index contributed by atoms with van der Waals surface area (Å²) in [6, 6.07) is 3.55. The van der Waals surface area contributed by atoms with E-state index >= 15 is 0 Å². The zero-order valence-corrected chi connectivity index (χ0v) is 13.6. The van der Waals surface area contributed by atoms with Crippen LogP contribution in [0, 0.1) is 0 Å². The number of carbonyl (C=O) groups excluding carboxylic acids is 1. The van der Waals surface area contributed by atoms with Gasteiger partial charge in [0.1, 0.15) is 18.3 Å². The highest BCUT2D eigenvalue weighted by molar-refractivity contribution is 5.67.